The molecule has 4 amide bonds. The zero-order valence-corrected chi connectivity index (χ0v) is 14.5. The standard InChI is InChI=1S/C15H22N6O5/c1-26-3-2-20-11(8-22)18-19-14(20)9-4-10(5-9)17-12(23)7-21-13(24)6-16-15(21)25/h9-10,22H,2-8H2,1H3,(H,16,25)(H,17,23). The number of carbonyl (C=O) groups excluding carboxylic acids is 3. The van der Waals surface area contributed by atoms with Crippen LogP contribution in [-0.2, 0) is 27.5 Å². The number of ether oxygens (including phenoxy) is 1. The molecule has 26 heavy (non-hydrogen) atoms. The zero-order chi connectivity index (χ0) is 18.7. The third-order valence-electron chi connectivity index (χ3n) is 4.62. The number of nitrogens with one attached hydrogen (secondary N) is 2. The molecule has 0 spiro atoms. The van der Waals surface area contributed by atoms with E-state index in [-0.39, 0.29) is 37.6 Å². The van der Waals surface area contributed by atoms with Crippen molar-refractivity contribution in [3.05, 3.63) is 11.6 Å². The van der Waals surface area contributed by atoms with Gasteiger partial charge < -0.3 is 25.0 Å². The molecule has 1 aliphatic heterocycles. The summed E-state index contributed by atoms with van der Waals surface area (Å²) < 4.78 is 6.92. The van der Waals surface area contributed by atoms with E-state index in [1.54, 1.807) is 7.11 Å². The number of amides is 4. The molecule has 0 atom stereocenters. The van der Waals surface area contributed by atoms with Gasteiger partial charge in [0.25, 0.3) is 5.91 Å². The minimum atomic E-state index is -0.542. The van der Waals surface area contributed by atoms with E-state index in [0.717, 1.165) is 10.7 Å². The van der Waals surface area contributed by atoms with Gasteiger partial charge in [0.1, 0.15) is 19.0 Å². The van der Waals surface area contributed by atoms with Crippen LogP contribution in [0.25, 0.3) is 0 Å². The summed E-state index contributed by atoms with van der Waals surface area (Å²) in [5, 5.41) is 22.7. The summed E-state index contributed by atoms with van der Waals surface area (Å²) in [6.45, 7) is 0.493. The summed E-state index contributed by atoms with van der Waals surface area (Å²) in [6, 6.07) is -0.585. The van der Waals surface area contributed by atoms with Crippen molar-refractivity contribution in [1.29, 1.82) is 0 Å². The van der Waals surface area contributed by atoms with Gasteiger partial charge in [-0.3, -0.25) is 14.5 Å². The number of rotatable bonds is 8. The van der Waals surface area contributed by atoms with Crippen molar-refractivity contribution in [2.24, 2.45) is 0 Å². The van der Waals surface area contributed by atoms with Crippen LogP contribution in [0.15, 0.2) is 0 Å². The molecule has 3 N–H and O–H groups in total. The van der Waals surface area contributed by atoms with E-state index in [9.17, 15) is 19.5 Å². The number of urea groups is 1. The van der Waals surface area contributed by atoms with Crippen molar-refractivity contribution in [3.8, 4) is 0 Å². The van der Waals surface area contributed by atoms with Gasteiger partial charge in [0.05, 0.1) is 13.2 Å². The molecule has 1 saturated heterocycles. The van der Waals surface area contributed by atoms with Crippen LogP contribution in [0.3, 0.4) is 0 Å². The number of hydrogen-bond acceptors (Lipinski definition) is 7. The molecule has 0 aromatic carbocycles. The van der Waals surface area contributed by atoms with Crippen LogP contribution in [0.2, 0.25) is 0 Å². The molecule has 1 saturated carbocycles. The van der Waals surface area contributed by atoms with Crippen molar-refractivity contribution in [3.63, 3.8) is 0 Å². The lowest BCUT2D eigenvalue weighted by atomic mass is 9.79. The summed E-state index contributed by atoms with van der Waals surface area (Å²) >= 11 is 0. The van der Waals surface area contributed by atoms with E-state index in [0.29, 0.717) is 31.8 Å². The van der Waals surface area contributed by atoms with E-state index in [2.05, 4.69) is 20.8 Å². The molecule has 1 aromatic rings. The summed E-state index contributed by atoms with van der Waals surface area (Å²) in [4.78, 5) is 35.9. The predicted molar refractivity (Wildman–Crippen MR) is 86.8 cm³/mol. The number of aliphatic hydroxyl groups excluding tert-OH is 1. The zero-order valence-electron chi connectivity index (χ0n) is 14.5. The first kappa shape index (κ1) is 18.3. The summed E-state index contributed by atoms with van der Waals surface area (Å²) in [7, 11) is 1.60. The average molecular weight is 366 g/mol. The Morgan fingerprint density at radius 3 is 2.77 bits per heavy atom. The SMILES string of the molecule is COCCn1c(CO)nnc1C1CC(NC(=O)CN2C(=O)CNC2=O)C1. The Labute approximate surface area is 149 Å². The molecule has 3 rings (SSSR count). The van der Waals surface area contributed by atoms with Crippen molar-refractivity contribution < 1.29 is 24.2 Å². The smallest absolute Gasteiger partial charge is 0.325 e. The number of aromatic nitrogens is 3. The van der Waals surface area contributed by atoms with Gasteiger partial charge in [-0.25, -0.2) is 4.79 Å². The fourth-order valence-electron chi connectivity index (χ4n) is 3.17. The number of methoxy groups -OCH3 is 1. The maximum atomic E-state index is 12.0. The minimum Gasteiger partial charge on any atom is -0.388 e. The van der Waals surface area contributed by atoms with E-state index >= 15 is 0 Å². The second-order valence-corrected chi connectivity index (χ2v) is 6.35. The molecule has 2 fully saturated rings. The van der Waals surface area contributed by atoms with Crippen LogP contribution >= 0.6 is 0 Å². The maximum Gasteiger partial charge on any atom is 0.325 e. The van der Waals surface area contributed by atoms with Gasteiger partial charge in [-0.2, -0.15) is 0 Å². The first-order valence-electron chi connectivity index (χ1n) is 8.42. The van der Waals surface area contributed by atoms with Crippen molar-refractivity contribution >= 4 is 17.8 Å². The van der Waals surface area contributed by atoms with Gasteiger partial charge >= 0.3 is 6.03 Å². The van der Waals surface area contributed by atoms with Crippen LogP contribution in [0, 0.1) is 0 Å². The highest BCUT2D eigenvalue weighted by atomic mass is 16.5. The van der Waals surface area contributed by atoms with Crippen LogP contribution in [0.1, 0.15) is 30.4 Å². The fourth-order valence-corrected chi connectivity index (χ4v) is 3.17. The maximum absolute atomic E-state index is 12.0. The van der Waals surface area contributed by atoms with Gasteiger partial charge in [-0.05, 0) is 12.8 Å². The third kappa shape index (κ3) is 3.68. The molecule has 142 valence electrons. The highest BCUT2D eigenvalue weighted by molar-refractivity contribution is 6.04. The Morgan fingerprint density at radius 1 is 1.38 bits per heavy atom. The summed E-state index contributed by atoms with van der Waals surface area (Å²) in [6.07, 6.45) is 1.37. The van der Waals surface area contributed by atoms with E-state index < -0.39 is 11.9 Å². The Hall–Kier alpha value is -2.53. The Kier molecular flexibility index (Phi) is 5.47. The number of carbonyl (C=O) groups is 3. The first-order valence-corrected chi connectivity index (χ1v) is 8.42. The van der Waals surface area contributed by atoms with Crippen LogP contribution < -0.4 is 10.6 Å². The molecule has 1 aromatic heterocycles. The normalized spacial score (nSPS) is 22.3. The molecular weight excluding hydrogens is 344 g/mol. The van der Waals surface area contributed by atoms with Crippen molar-refractivity contribution in [1.82, 2.24) is 30.3 Å². The van der Waals surface area contributed by atoms with Crippen LogP contribution in [0.5, 0.6) is 0 Å². The molecule has 0 unspecified atom stereocenters. The van der Waals surface area contributed by atoms with Crippen LogP contribution in [-0.4, -0.2) is 75.5 Å². The third-order valence-corrected chi connectivity index (χ3v) is 4.62. The van der Waals surface area contributed by atoms with Crippen molar-refractivity contribution in [2.45, 2.75) is 38.0 Å². The summed E-state index contributed by atoms with van der Waals surface area (Å²) in [5.74, 6) is 0.616. The quantitative estimate of drug-likeness (QED) is 0.468. The lowest BCUT2D eigenvalue weighted by molar-refractivity contribution is -0.131. The number of aliphatic hydroxyl groups is 1. The first-order chi connectivity index (χ1) is 12.5. The van der Waals surface area contributed by atoms with Gasteiger partial charge in [0.15, 0.2) is 5.82 Å². The molecular formula is C15H22N6O5. The second kappa shape index (κ2) is 7.79. The van der Waals surface area contributed by atoms with E-state index in [1.165, 1.54) is 0 Å². The lowest BCUT2D eigenvalue weighted by Gasteiger charge is -2.35. The molecule has 11 heteroatoms. The lowest BCUT2D eigenvalue weighted by Crippen LogP contribution is -2.48. The number of hydrogen-bond donors (Lipinski definition) is 3. The minimum absolute atomic E-state index is 0.0431. The second-order valence-electron chi connectivity index (χ2n) is 6.35. The average Bonchev–Trinajstić information content (AvgIpc) is 3.13. The molecule has 1 aliphatic carbocycles. The van der Waals surface area contributed by atoms with Crippen molar-refractivity contribution in [2.75, 3.05) is 26.8 Å². The number of imide groups is 1. The predicted octanol–water partition coefficient (Wildman–Crippen LogP) is -1.67. The largest absolute Gasteiger partial charge is 0.388 e. The molecule has 0 radical (unpaired) electrons. The Balaban J connectivity index is 1.51. The van der Waals surface area contributed by atoms with Gasteiger partial charge in [0, 0.05) is 25.6 Å². The molecule has 2 aliphatic rings. The Morgan fingerprint density at radius 2 is 2.15 bits per heavy atom. The highest BCUT2D eigenvalue weighted by Crippen LogP contribution is 2.36. The molecule has 2 heterocycles. The monoisotopic (exact) mass is 366 g/mol. The Bertz CT molecular complexity index is 683. The topological polar surface area (TPSA) is 139 Å². The van der Waals surface area contributed by atoms with Crippen LogP contribution in [0.4, 0.5) is 4.79 Å². The summed E-state index contributed by atoms with van der Waals surface area (Å²) in [5.41, 5.74) is 0. The van der Waals surface area contributed by atoms with Gasteiger partial charge in [-0.15, -0.1) is 10.2 Å². The highest BCUT2D eigenvalue weighted by Gasteiger charge is 2.36. The van der Waals surface area contributed by atoms with E-state index in [1.807, 2.05) is 4.57 Å². The molecule has 11 nitrogen and oxygen atoms in total. The molecule has 0 bridgehead atoms. The van der Waals surface area contributed by atoms with Gasteiger partial charge in [-0.1, -0.05) is 0 Å². The fraction of sp³-hybridized carbons (Fsp3) is 0.667. The van der Waals surface area contributed by atoms with Gasteiger partial charge in [0.2, 0.25) is 5.91 Å². The number of nitrogens with zero attached hydrogens (tertiary/aromatic N) is 4. The van der Waals surface area contributed by atoms with E-state index in [4.69, 9.17) is 4.74 Å².